The standard InChI is InChI=1S/C19H19NO2S/c1-3-22-19(21)18-15-11-7-8-12-16(15)20(2)17(18)13-23-14-9-5-4-6-10-14/h4-12H,3,13H2,1-2H3. The maximum absolute atomic E-state index is 12.5. The SMILES string of the molecule is CCOC(=O)c1c(CSc2ccccc2)n(C)c2ccccc12. The van der Waals surface area contributed by atoms with Crippen LogP contribution in [0.25, 0.3) is 10.9 Å². The zero-order valence-electron chi connectivity index (χ0n) is 13.3. The first kappa shape index (κ1) is 15.7. The fourth-order valence-corrected chi connectivity index (χ4v) is 3.71. The van der Waals surface area contributed by atoms with Crippen LogP contribution in [-0.2, 0) is 17.5 Å². The van der Waals surface area contributed by atoms with Gasteiger partial charge in [-0.25, -0.2) is 4.79 Å². The van der Waals surface area contributed by atoms with Crippen molar-refractivity contribution in [2.75, 3.05) is 6.61 Å². The zero-order chi connectivity index (χ0) is 16.2. The average Bonchev–Trinajstić information content (AvgIpc) is 2.87. The Morgan fingerprint density at radius 3 is 2.52 bits per heavy atom. The number of para-hydroxylation sites is 1. The topological polar surface area (TPSA) is 31.2 Å². The third-order valence-electron chi connectivity index (χ3n) is 3.83. The molecule has 0 fully saturated rings. The minimum Gasteiger partial charge on any atom is -0.462 e. The molecule has 0 atom stereocenters. The molecule has 0 spiro atoms. The number of esters is 1. The summed E-state index contributed by atoms with van der Waals surface area (Å²) in [6, 6.07) is 18.2. The number of hydrogen-bond acceptors (Lipinski definition) is 3. The van der Waals surface area contributed by atoms with Gasteiger partial charge in [0.2, 0.25) is 0 Å². The summed E-state index contributed by atoms with van der Waals surface area (Å²) in [5, 5.41) is 0.956. The van der Waals surface area contributed by atoms with E-state index in [2.05, 4.69) is 16.7 Å². The van der Waals surface area contributed by atoms with Crippen LogP contribution in [0.4, 0.5) is 0 Å². The molecule has 118 valence electrons. The van der Waals surface area contributed by atoms with Crippen molar-refractivity contribution in [3.05, 3.63) is 65.9 Å². The molecule has 3 aromatic rings. The van der Waals surface area contributed by atoms with E-state index in [1.54, 1.807) is 11.8 Å². The molecule has 0 aliphatic rings. The van der Waals surface area contributed by atoms with Crippen molar-refractivity contribution in [1.29, 1.82) is 0 Å². The Kier molecular flexibility index (Phi) is 4.72. The van der Waals surface area contributed by atoms with E-state index in [1.165, 1.54) is 4.90 Å². The van der Waals surface area contributed by atoms with E-state index < -0.39 is 0 Å². The fourth-order valence-electron chi connectivity index (χ4n) is 2.71. The number of carbonyl (C=O) groups is 1. The van der Waals surface area contributed by atoms with Crippen LogP contribution in [0.1, 0.15) is 23.0 Å². The van der Waals surface area contributed by atoms with Crippen molar-refractivity contribution in [3.8, 4) is 0 Å². The molecule has 0 amide bonds. The van der Waals surface area contributed by atoms with Crippen molar-refractivity contribution in [1.82, 2.24) is 4.57 Å². The number of thioether (sulfide) groups is 1. The minimum atomic E-state index is -0.243. The van der Waals surface area contributed by atoms with Gasteiger partial charge in [-0.05, 0) is 25.1 Å². The quantitative estimate of drug-likeness (QED) is 0.505. The van der Waals surface area contributed by atoms with Crippen molar-refractivity contribution < 1.29 is 9.53 Å². The van der Waals surface area contributed by atoms with Crippen LogP contribution >= 0.6 is 11.8 Å². The molecular formula is C19H19NO2S. The molecule has 1 aromatic heterocycles. The highest BCUT2D eigenvalue weighted by atomic mass is 32.2. The number of rotatable bonds is 5. The molecule has 0 radical (unpaired) electrons. The highest BCUT2D eigenvalue weighted by Gasteiger charge is 2.21. The average molecular weight is 325 g/mol. The van der Waals surface area contributed by atoms with E-state index >= 15 is 0 Å². The van der Waals surface area contributed by atoms with Crippen molar-refractivity contribution in [2.24, 2.45) is 7.05 Å². The molecule has 1 heterocycles. The molecule has 0 unspecified atom stereocenters. The van der Waals surface area contributed by atoms with E-state index in [0.717, 1.165) is 22.3 Å². The van der Waals surface area contributed by atoms with Gasteiger partial charge < -0.3 is 9.30 Å². The maximum atomic E-state index is 12.5. The lowest BCUT2D eigenvalue weighted by atomic mass is 10.1. The predicted octanol–water partition coefficient (Wildman–Crippen LogP) is 4.65. The summed E-state index contributed by atoms with van der Waals surface area (Å²) in [7, 11) is 2.01. The summed E-state index contributed by atoms with van der Waals surface area (Å²) in [4.78, 5) is 13.6. The fraction of sp³-hybridized carbons (Fsp3) is 0.211. The zero-order valence-corrected chi connectivity index (χ0v) is 14.1. The summed E-state index contributed by atoms with van der Waals surface area (Å²) >= 11 is 1.72. The smallest absolute Gasteiger partial charge is 0.340 e. The van der Waals surface area contributed by atoms with Crippen LogP contribution in [0.5, 0.6) is 0 Å². The van der Waals surface area contributed by atoms with Gasteiger partial charge in [-0.1, -0.05) is 36.4 Å². The summed E-state index contributed by atoms with van der Waals surface area (Å²) in [6.07, 6.45) is 0. The lowest BCUT2D eigenvalue weighted by molar-refractivity contribution is 0.0527. The Morgan fingerprint density at radius 1 is 1.09 bits per heavy atom. The molecule has 3 rings (SSSR count). The number of ether oxygens (including phenoxy) is 1. The minimum absolute atomic E-state index is 0.243. The molecule has 0 saturated heterocycles. The molecule has 0 bridgehead atoms. The molecule has 3 nitrogen and oxygen atoms in total. The first-order valence-electron chi connectivity index (χ1n) is 7.63. The number of aryl methyl sites for hydroxylation is 1. The first-order valence-corrected chi connectivity index (χ1v) is 8.62. The summed E-state index contributed by atoms with van der Waals surface area (Å²) in [5.74, 6) is 0.483. The van der Waals surface area contributed by atoms with E-state index in [-0.39, 0.29) is 5.97 Å². The van der Waals surface area contributed by atoms with Gasteiger partial charge in [0.15, 0.2) is 0 Å². The Morgan fingerprint density at radius 2 is 1.78 bits per heavy atom. The van der Waals surface area contributed by atoms with E-state index in [9.17, 15) is 4.79 Å². The van der Waals surface area contributed by atoms with Gasteiger partial charge in [0.05, 0.1) is 12.2 Å². The Labute approximate surface area is 140 Å². The van der Waals surface area contributed by atoms with Gasteiger partial charge in [0.1, 0.15) is 0 Å². The van der Waals surface area contributed by atoms with Crippen molar-refractivity contribution in [2.45, 2.75) is 17.6 Å². The third-order valence-corrected chi connectivity index (χ3v) is 4.85. The summed E-state index contributed by atoms with van der Waals surface area (Å²) < 4.78 is 7.38. The van der Waals surface area contributed by atoms with Gasteiger partial charge in [0, 0.05) is 34.3 Å². The number of nitrogens with zero attached hydrogens (tertiary/aromatic N) is 1. The number of fused-ring (bicyclic) bond motifs is 1. The Hall–Kier alpha value is -2.20. The molecule has 2 aromatic carbocycles. The number of benzene rings is 2. The third kappa shape index (κ3) is 3.13. The second-order valence-corrected chi connectivity index (χ2v) is 6.27. The lowest BCUT2D eigenvalue weighted by Crippen LogP contribution is -2.08. The summed E-state index contributed by atoms with van der Waals surface area (Å²) in [6.45, 7) is 2.22. The van der Waals surface area contributed by atoms with E-state index in [0.29, 0.717) is 12.2 Å². The number of hydrogen-bond donors (Lipinski definition) is 0. The van der Waals surface area contributed by atoms with Crippen LogP contribution < -0.4 is 0 Å². The van der Waals surface area contributed by atoms with Crippen LogP contribution in [0, 0.1) is 0 Å². The van der Waals surface area contributed by atoms with Gasteiger partial charge in [0.25, 0.3) is 0 Å². The van der Waals surface area contributed by atoms with Crippen molar-refractivity contribution in [3.63, 3.8) is 0 Å². The van der Waals surface area contributed by atoms with E-state index in [1.807, 2.05) is 56.4 Å². The lowest BCUT2D eigenvalue weighted by Gasteiger charge is -2.08. The first-order chi connectivity index (χ1) is 11.2. The van der Waals surface area contributed by atoms with Crippen molar-refractivity contribution >= 4 is 28.6 Å². The maximum Gasteiger partial charge on any atom is 0.340 e. The van der Waals surface area contributed by atoms with Gasteiger partial charge in [-0.2, -0.15) is 0 Å². The van der Waals surface area contributed by atoms with Crippen LogP contribution in [0.2, 0.25) is 0 Å². The second-order valence-electron chi connectivity index (χ2n) is 5.22. The highest BCUT2D eigenvalue weighted by molar-refractivity contribution is 7.98. The van der Waals surface area contributed by atoms with Crippen LogP contribution in [0.3, 0.4) is 0 Å². The van der Waals surface area contributed by atoms with E-state index in [4.69, 9.17) is 4.74 Å². The monoisotopic (exact) mass is 325 g/mol. The highest BCUT2D eigenvalue weighted by Crippen LogP contribution is 2.31. The molecule has 0 aliphatic carbocycles. The molecule has 0 saturated carbocycles. The normalized spacial score (nSPS) is 10.9. The second kappa shape index (κ2) is 6.92. The molecule has 0 aliphatic heterocycles. The Bertz CT molecular complexity index is 824. The Balaban J connectivity index is 2.02. The summed E-state index contributed by atoms with van der Waals surface area (Å²) in [5.41, 5.74) is 2.74. The van der Waals surface area contributed by atoms with Gasteiger partial charge in [-0.15, -0.1) is 11.8 Å². The largest absolute Gasteiger partial charge is 0.462 e. The molecule has 0 N–H and O–H groups in total. The number of aromatic nitrogens is 1. The molecule has 4 heteroatoms. The number of carbonyl (C=O) groups excluding carboxylic acids is 1. The van der Waals surface area contributed by atoms with Gasteiger partial charge >= 0.3 is 5.97 Å². The molecule has 23 heavy (non-hydrogen) atoms. The van der Waals surface area contributed by atoms with Gasteiger partial charge in [-0.3, -0.25) is 0 Å². The van der Waals surface area contributed by atoms with Crippen LogP contribution in [0.15, 0.2) is 59.5 Å². The molecular weight excluding hydrogens is 306 g/mol. The van der Waals surface area contributed by atoms with Crippen LogP contribution in [-0.4, -0.2) is 17.1 Å². The predicted molar refractivity (Wildman–Crippen MR) is 94.9 cm³/mol.